The van der Waals surface area contributed by atoms with Gasteiger partial charge in [0, 0.05) is 0 Å². The molecule has 0 aliphatic rings. The molecule has 0 atom stereocenters. The molecule has 0 unspecified atom stereocenters. The maximum atomic E-state index is 8.55. The number of phosphoric acid groups is 1. The second kappa shape index (κ2) is 7.03. The standard InChI is InChI=1S/Gd.H3O4P.Sr/c;1-5(2,3)4;/h;(H3,1,2,3,4);/q+3;;+2/p-3. The average Bonchev–Trinajstić information content (AvgIpc) is 0.722. The van der Waals surface area contributed by atoms with Crippen molar-refractivity contribution in [3.8, 4) is 0 Å². The normalized spacial score (nSPS) is 8.43. The molecule has 0 aromatic rings. The monoisotopic (exact) mass is 341 g/mol. The zero-order valence-electron chi connectivity index (χ0n) is 3.14. The quantitative estimate of drug-likeness (QED) is 0.343. The van der Waals surface area contributed by atoms with E-state index in [-0.39, 0.29) is 85.4 Å². The van der Waals surface area contributed by atoms with E-state index >= 15 is 0 Å². The van der Waals surface area contributed by atoms with E-state index in [0.29, 0.717) is 0 Å². The van der Waals surface area contributed by atoms with Crippen LogP contribution in [-0.4, -0.2) is 45.5 Å². The van der Waals surface area contributed by atoms with E-state index in [2.05, 4.69) is 0 Å². The Balaban J connectivity index is -0.0000000800. The fourth-order valence-electron chi connectivity index (χ4n) is 0. The van der Waals surface area contributed by atoms with Crippen LogP contribution in [0.15, 0.2) is 0 Å². The molecule has 0 rings (SSSR count). The van der Waals surface area contributed by atoms with Gasteiger partial charge in [0.2, 0.25) is 0 Å². The molecule has 0 fully saturated rings. The summed E-state index contributed by atoms with van der Waals surface area (Å²) in [5.74, 6) is 0. The molecule has 0 N–H and O–H groups in total. The summed E-state index contributed by atoms with van der Waals surface area (Å²) in [6.45, 7) is 0. The van der Waals surface area contributed by atoms with Crippen LogP contribution in [0.5, 0.6) is 0 Å². The molecule has 0 aromatic heterocycles. The Bertz CT molecular complexity index is 57.8. The van der Waals surface area contributed by atoms with Gasteiger partial charge in [0.25, 0.3) is 0 Å². The van der Waals surface area contributed by atoms with Crippen LogP contribution >= 0.6 is 7.82 Å². The summed E-state index contributed by atoms with van der Waals surface area (Å²) < 4.78 is 8.55. The summed E-state index contributed by atoms with van der Waals surface area (Å²) in [5, 5.41) is 0. The molecule has 4 nitrogen and oxygen atoms in total. The SMILES string of the molecule is O=P([O-])([O-])[O-].[Gd+3].[Sr+2]. The summed E-state index contributed by atoms with van der Waals surface area (Å²) in [4.78, 5) is 25.6. The van der Waals surface area contributed by atoms with Crippen molar-refractivity contribution in [1.82, 2.24) is 0 Å². The van der Waals surface area contributed by atoms with E-state index in [4.69, 9.17) is 19.2 Å². The van der Waals surface area contributed by atoms with Crippen molar-refractivity contribution < 1.29 is 59.2 Å². The van der Waals surface area contributed by atoms with E-state index in [1.54, 1.807) is 0 Å². The Morgan fingerprint density at radius 3 is 1.14 bits per heavy atom. The molecule has 37 valence electrons. The van der Waals surface area contributed by atoms with Crippen LogP contribution in [0.25, 0.3) is 0 Å². The van der Waals surface area contributed by atoms with Gasteiger partial charge in [0.05, 0.1) is 0 Å². The van der Waals surface area contributed by atoms with Gasteiger partial charge in [-0.05, 0) is 0 Å². The molecular formula is GdO4PSr+2. The minimum absolute atomic E-state index is 0. The first-order chi connectivity index (χ1) is 2.00. The molecule has 0 saturated heterocycles. The summed E-state index contributed by atoms with van der Waals surface area (Å²) in [7, 11) is -5.39. The Hall–Kier alpha value is 2.92. The van der Waals surface area contributed by atoms with Crippen molar-refractivity contribution in [1.29, 1.82) is 0 Å². The maximum absolute atomic E-state index is 8.55. The second-order valence-electron chi connectivity index (χ2n) is 0.447. The number of hydrogen-bond donors (Lipinski definition) is 0. The first kappa shape index (κ1) is 16.5. The Morgan fingerprint density at radius 1 is 1.14 bits per heavy atom. The van der Waals surface area contributed by atoms with Gasteiger partial charge in [0.15, 0.2) is 0 Å². The van der Waals surface area contributed by atoms with Crippen LogP contribution in [0.4, 0.5) is 0 Å². The van der Waals surface area contributed by atoms with Crippen LogP contribution in [0.1, 0.15) is 0 Å². The van der Waals surface area contributed by atoms with Gasteiger partial charge in [-0.2, -0.15) is 7.82 Å². The van der Waals surface area contributed by atoms with Gasteiger partial charge in [-0.15, -0.1) is 0 Å². The zero-order chi connectivity index (χ0) is 4.50. The fraction of sp³-hybridized carbons (Fsp3) is 0. The van der Waals surface area contributed by atoms with Crippen molar-refractivity contribution in [2.45, 2.75) is 0 Å². The molecule has 0 saturated carbocycles. The molecule has 0 amide bonds. The van der Waals surface area contributed by atoms with Crippen LogP contribution < -0.4 is 14.7 Å². The van der Waals surface area contributed by atoms with E-state index in [9.17, 15) is 0 Å². The van der Waals surface area contributed by atoms with E-state index < -0.39 is 7.82 Å². The second-order valence-corrected chi connectivity index (χ2v) is 1.34. The Labute approximate surface area is 110 Å². The van der Waals surface area contributed by atoms with Gasteiger partial charge < -0.3 is 19.2 Å². The third-order valence-electron chi connectivity index (χ3n) is 0. The van der Waals surface area contributed by atoms with Crippen LogP contribution in [0.3, 0.4) is 0 Å². The molecule has 7 heteroatoms. The van der Waals surface area contributed by atoms with Crippen molar-refractivity contribution in [3.63, 3.8) is 0 Å². The fourth-order valence-corrected chi connectivity index (χ4v) is 0. The molecule has 7 heavy (non-hydrogen) atoms. The number of hydrogen-bond acceptors (Lipinski definition) is 4. The number of rotatable bonds is 0. The average molecular weight is 340 g/mol. The van der Waals surface area contributed by atoms with Crippen molar-refractivity contribution in [2.75, 3.05) is 0 Å². The van der Waals surface area contributed by atoms with Gasteiger partial charge in [-0.25, -0.2) is 0 Å². The smallest absolute Gasteiger partial charge is 0.822 e. The Morgan fingerprint density at radius 2 is 1.14 bits per heavy atom. The maximum Gasteiger partial charge on any atom is 3.00 e. The largest absolute Gasteiger partial charge is 3.00 e. The predicted molar refractivity (Wildman–Crippen MR) is 13.4 cm³/mol. The molecule has 0 aliphatic carbocycles. The van der Waals surface area contributed by atoms with Crippen LogP contribution in [0, 0.1) is 39.9 Å². The third-order valence-corrected chi connectivity index (χ3v) is 0. The molecular weight excluding hydrogens is 340 g/mol. The minimum atomic E-state index is -5.39. The van der Waals surface area contributed by atoms with Crippen molar-refractivity contribution in [3.05, 3.63) is 0 Å². The first-order valence-corrected chi connectivity index (χ1v) is 2.19. The first-order valence-electron chi connectivity index (χ1n) is 0.730. The van der Waals surface area contributed by atoms with E-state index in [0.717, 1.165) is 0 Å². The molecule has 0 aromatic carbocycles. The molecule has 1 radical (unpaired) electrons. The molecule has 0 bridgehead atoms. The molecule has 0 aliphatic heterocycles. The van der Waals surface area contributed by atoms with Gasteiger partial charge in [-0.1, -0.05) is 0 Å². The van der Waals surface area contributed by atoms with Gasteiger partial charge in [0.1, 0.15) is 0 Å². The topological polar surface area (TPSA) is 86.2 Å². The Kier molecular flexibility index (Phi) is 16.5. The summed E-state index contributed by atoms with van der Waals surface area (Å²) in [6, 6.07) is 0. The predicted octanol–water partition coefficient (Wildman–Crippen LogP) is -3.21. The van der Waals surface area contributed by atoms with Crippen molar-refractivity contribution in [2.24, 2.45) is 0 Å². The third kappa shape index (κ3) is 50.2. The molecule has 0 heterocycles. The van der Waals surface area contributed by atoms with Gasteiger partial charge in [-0.3, -0.25) is 0 Å². The van der Waals surface area contributed by atoms with Crippen LogP contribution in [-0.2, 0) is 4.57 Å². The zero-order valence-corrected chi connectivity index (χ0v) is 9.78. The summed E-state index contributed by atoms with van der Waals surface area (Å²) in [6.07, 6.45) is 0. The van der Waals surface area contributed by atoms with E-state index in [1.807, 2.05) is 0 Å². The minimum Gasteiger partial charge on any atom is -0.822 e. The van der Waals surface area contributed by atoms with Crippen molar-refractivity contribution >= 4 is 53.3 Å². The van der Waals surface area contributed by atoms with Gasteiger partial charge >= 0.3 is 85.4 Å². The summed E-state index contributed by atoms with van der Waals surface area (Å²) in [5.41, 5.74) is 0. The molecule has 0 spiro atoms. The summed E-state index contributed by atoms with van der Waals surface area (Å²) >= 11 is 0. The van der Waals surface area contributed by atoms with E-state index in [1.165, 1.54) is 0 Å². The van der Waals surface area contributed by atoms with Crippen LogP contribution in [0.2, 0.25) is 0 Å².